The molecule has 0 fully saturated rings. The molecule has 9 nitrogen and oxygen atoms in total. The third-order valence-corrected chi connectivity index (χ3v) is 6.80. The summed E-state index contributed by atoms with van der Waals surface area (Å²) in [5.74, 6) is 0.614. The Morgan fingerprint density at radius 1 is 0.974 bits per heavy atom. The largest absolute Gasteiger partial charge is 0.384 e. The molecule has 0 saturated carbocycles. The van der Waals surface area contributed by atoms with Gasteiger partial charge in [-0.1, -0.05) is 0 Å². The van der Waals surface area contributed by atoms with Crippen molar-refractivity contribution in [3.63, 3.8) is 0 Å². The van der Waals surface area contributed by atoms with Crippen molar-refractivity contribution >= 4 is 27.6 Å². The van der Waals surface area contributed by atoms with Crippen LogP contribution in [0.2, 0.25) is 0 Å². The summed E-state index contributed by atoms with van der Waals surface area (Å²) in [6.07, 6.45) is 5.40. The summed E-state index contributed by atoms with van der Waals surface area (Å²) in [5, 5.41) is 12.7. The van der Waals surface area contributed by atoms with E-state index in [9.17, 15) is 4.39 Å². The highest BCUT2D eigenvalue weighted by atomic mass is 19.1. The summed E-state index contributed by atoms with van der Waals surface area (Å²) in [6.45, 7) is 3.52. The van der Waals surface area contributed by atoms with Crippen molar-refractivity contribution in [2.45, 2.75) is 6.92 Å². The third kappa shape index (κ3) is 4.28. The van der Waals surface area contributed by atoms with E-state index >= 15 is 0 Å². The number of aromatic nitrogens is 7. The van der Waals surface area contributed by atoms with E-state index in [1.807, 2.05) is 63.2 Å². The zero-order valence-corrected chi connectivity index (χ0v) is 21.7. The van der Waals surface area contributed by atoms with Gasteiger partial charge >= 0.3 is 0 Å². The minimum absolute atomic E-state index is 0.313. The Bertz CT molecular complexity index is 1780. The van der Waals surface area contributed by atoms with Crippen molar-refractivity contribution in [3.05, 3.63) is 66.6 Å². The minimum Gasteiger partial charge on any atom is -0.384 e. The molecule has 0 radical (unpaired) electrons. The summed E-state index contributed by atoms with van der Waals surface area (Å²) < 4.78 is 16.6. The van der Waals surface area contributed by atoms with Crippen LogP contribution in [0.15, 0.2) is 55.0 Å². The van der Waals surface area contributed by atoms with Crippen LogP contribution in [0.5, 0.6) is 0 Å². The number of aryl methyl sites for hydroxylation is 1. The van der Waals surface area contributed by atoms with E-state index in [1.54, 1.807) is 6.20 Å². The molecule has 1 aromatic carbocycles. The first kappa shape index (κ1) is 23.8. The van der Waals surface area contributed by atoms with E-state index < -0.39 is 0 Å². The fourth-order valence-corrected chi connectivity index (χ4v) is 4.68. The van der Waals surface area contributed by atoms with Gasteiger partial charge in [0.2, 0.25) is 0 Å². The number of likely N-dealkylation sites (N-methyl/N-ethyl adjacent to an activating group) is 1. The van der Waals surface area contributed by atoms with E-state index in [0.29, 0.717) is 23.4 Å². The minimum atomic E-state index is -0.313. The molecule has 0 aliphatic heterocycles. The lowest BCUT2D eigenvalue weighted by molar-refractivity contribution is 0.425. The van der Waals surface area contributed by atoms with E-state index in [0.717, 1.165) is 57.0 Å². The van der Waals surface area contributed by atoms with Gasteiger partial charge in [-0.05, 0) is 57.4 Å². The van der Waals surface area contributed by atoms with Gasteiger partial charge < -0.3 is 19.8 Å². The van der Waals surface area contributed by atoms with Crippen LogP contribution >= 0.6 is 0 Å². The zero-order valence-electron chi connectivity index (χ0n) is 21.7. The number of aromatic amines is 2. The SMILES string of the molecule is Cc1ncc(-c2cnc3[nH]nc(-c4cc5c(-c6cc(F)cc(NCCN(C)C)c6)nccc5[nH]4)c3c2)n1C. The monoisotopic (exact) mass is 509 g/mol. The van der Waals surface area contributed by atoms with Gasteiger partial charge in [0.1, 0.15) is 17.3 Å². The molecule has 3 N–H and O–H groups in total. The Kier molecular flexibility index (Phi) is 5.88. The van der Waals surface area contributed by atoms with Gasteiger partial charge in [-0.25, -0.2) is 14.4 Å². The van der Waals surface area contributed by atoms with Crippen molar-refractivity contribution in [2.24, 2.45) is 7.05 Å². The summed E-state index contributed by atoms with van der Waals surface area (Å²) in [7, 11) is 6.00. The smallest absolute Gasteiger partial charge is 0.155 e. The van der Waals surface area contributed by atoms with Crippen LogP contribution in [0.25, 0.3) is 55.8 Å². The highest BCUT2D eigenvalue weighted by Gasteiger charge is 2.17. The average molecular weight is 510 g/mol. The zero-order chi connectivity index (χ0) is 26.4. The Labute approximate surface area is 218 Å². The molecule has 6 aromatic rings. The van der Waals surface area contributed by atoms with E-state index in [1.165, 1.54) is 12.1 Å². The molecule has 38 heavy (non-hydrogen) atoms. The van der Waals surface area contributed by atoms with Gasteiger partial charge in [0.05, 0.1) is 23.3 Å². The van der Waals surface area contributed by atoms with Crippen LogP contribution in [-0.4, -0.2) is 66.8 Å². The summed E-state index contributed by atoms with van der Waals surface area (Å²) in [6, 6.07) is 10.9. The number of rotatable bonds is 7. The number of anilines is 1. The maximum Gasteiger partial charge on any atom is 0.155 e. The van der Waals surface area contributed by atoms with Crippen LogP contribution in [0, 0.1) is 12.7 Å². The van der Waals surface area contributed by atoms with Gasteiger partial charge in [0.15, 0.2) is 5.65 Å². The van der Waals surface area contributed by atoms with Crippen LogP contribution in [-0.2, 0) is 7.05 Å². The van der Waals surface area contributed by atoms with Gasteiger partial charge in [-0.3, -0.25) is 10.1 Å². The summed E-state index contributed by atoms with van der Waals surface area (Å²) in [5.41, 5.74) is 7.21. The summed E-state index contributed by atoms with van der Waals surface area (Å²) >= 11 is 0. The number of nitrogens with one attached hydrogen (secondary N) is 3. The predicted octanol–water partition coefficient (Wildman–Crippen LogP) is 4.99. The lowest BCUT2D eigenvalue weighted by Gasteiger charge is -2.12. The van der Waals surface area contributed by atoms with Crippen molar-refractivity contribution in [1.29, 1.82) is 0 Å². The Balaban J connectivity index is 1.41. The molecule has 5 heterocycles. The number of halogens is 1. The fraction of sp³-hybridized carbons (Fsp3) is 0.214. The van der Waals surface area contributed by atoms with Gasteiger partial charge in [0.25, 0.3) is 0 Å². The molecule has 0 atom stereocenters. The number of fused-ring (bicyclic) bond motifs is 2. The molecule has 0 bridgehead atoms. The number of benzene rings is 1. The van der Waals surface area contributed by atoms with E-state index in [2.05, 4.69) is 46.4 Å². The third-order valence-electron chi connectivity index (χ3n) is 6.80. The maximum absolute atomic E-state index is 14.6. The van der Waals surface area contributed by atoms with Crippen molar-refractivity contribution in [1.82, 2.24) is 39.6 Å². The molecule has 0 aliphatic rings. The Hall–Kier alpha value is -4.57. The topological polar surface area (TPSA) is 103 Å². The number of hydrogen-bond donors (Lipinski definition) is 3. The molecule has 0 spiro atoms. The maximum atomic E-state index is 14.6. The number of hydrogen-bond acceptors (Lipinski definition) is 6. The van der Waals surface area contributed by atoms with E-state index in [-0.39, 0.29) is 5.82 Å². The molecular weight excluding hydrogens is 481 g/mol. The number of imidazole rings is 1. The lowest BCUT2D eigenvalue weighted by Crippen LogP contribution is -2.20. The number of pyridine rings is 2. The van der Waals surface area contributed by atoms with Crippen LogP contribution in [0.1, 0.15) is 5.82 Å². The number of nitrogens with zero attached hydrogens (tertiary/aromatic N) is 6. The van der Waals surface area contributed by atoms with Gasteiger partial charge in [0, 0.05) is 65.6 Å². The van der Waals surface area contributed by atoms with Crippen LogP contribution in [0.4, 0.5) is 10.1 Å². The lowest BCUT2D eigenvalue weighted by atomic mass is 10.1. The Morgan fingerprint density at radius 2 is 1.84 bits per heavy atom. The van der Waals surface area contributed by atoms with Crippen molar-refractivity contribution < 1.29 is 4.39 Å². The molecule has 192 valence electrons. The average Bonchev–Trinajstić information content (AvgIpc) is 3.59. The van der Waals surface area contributed by atoms with Crippen molar-refractivity contribution in [3.8, 4) is 33.9 Å². The first-order valence-corrected chi connectivity index (χ1v) is 12.4. The van der Waals surface area contributed by atoms with Crippen LogP contribution < -0.4 is 5.32 Å². The first-order chi connectivity index (χ1) is 18.4. The molecule has 6 rings (SSSR count). The highest BCUT2D eigenvalue weighted by Crippen LogP contribution is 2.34. The first-order valence-electron chi connectivity index (χ1n) is 12.4. The molecule has 0 aliphatic carbocycles. The predicted molar refractivity (Wildman–Crippen MR) is 148 cm³/mol. The molecule has 0 unspecified atom stereocenters. The normalized spacial score (nSPS) is 11.7. The van der Waals surface area contributed by atoms with Crippen LogP contribution in [0.3, 0.4) is 0 Å². The molecule has 0 amide bonds. The Morgan fingerprint density at radius 3 is 2.63 bits per heavy atom. The second kappa shape index (κ2) is 9.38. The molecule has 0 saturated heterocycles. The van der Waals surface area contributed by atoms with Gasteiger partial charge in [-0.15, -0.1) is 0 Å². The second-order valence-corrected chi connectivity index (χ2v) is 9.70. The van der Waals surface area contributed by atoms with E-state index in [4.69, 9.17) is 0 Å². The highest BCUT2D eigenvalue weighted by molar-refractivity contribution is 6.00. The van der Waals surface area contributed by atoms with Crippen molar-refractivity contribution in [2.75, 3.05) is 32.5 Å². The van der Waals surface area contributed by atoms with Gasteiger partial charge in [-0.2, -0.15) is 5.10 Å². The quantitative estimate of drug-likeness (QED) is 0.280. The number of H-pyrrole nitrogens is 2. The molecule has 5 aromatic heterocycles. The standard InChI is InChI=1S/C28H28FN9/c1-16-32-15-25(38(16)4)18-11-22-27(35-36-28(22)33-14-18)24-13-21-23(34-24)5-6-31-26(21)17-9-19(29)12-20(10-17)30-7-8-37(2)3/h5-6,9-15,30,34H,7-8H2,1-4H3,(H,33,35,36). The fourth-order valence-electron chi connectivity index (χ4n) is 4.68. The summed E-state index contributed by atoms with van der Waals surface area (Å²) in [4.78, 5) is 19.2. The molecular formula is C28H28FN9. The molecule has 10 heteroatoms. The second-order valence-electron chi connectivity index (χ2n) is 9.70.